The lowest BCUT2D eigenvalue weighted by Gasteiger charge is -2.18. The molecule has 0 atom stereocenters. The van der Waals surface area contributed by atoms with E-state index in [2.05, 4.69) is 124 Å². The first-order valence-corrected chi connectivity index (χ1v) is 20.3. The van der Waals surface area contributed by atoms with E-state index in [0.717, 1.165) is 49.9 Å². The molecule has 0 saturated heterocycles. The van der Waals surface area contributed by atoms with Gasteiger partial charge in [0.1, 0.15) is 5.78 Å². The van der Waals surface area contributed by atoms with Crippen LogP contribution in [-0.2, 0) is 43.3 Å². The molecule has 0 spiro atoms. The van der Waals surface area contributed by atoms with Gasteiger partial charge in [0.2, 0.25) is 0 Å². The number of aliphatic imine (C=N–C) groups is 2. The van der Waals surface area contributed by atoms with E-state index < -0.39 is 0 Å². The van der Waals surface area contributed by atoms with E-state index in [-0.39, 0.29) is 5.78 Å². The zero-order valence-electron chi connectivity index (χ0n) is 37.4. The van der Waals surface area contributed by atoms with Crippen molar-refractivity contribution in [2.45, 2.75) is 148 Å². The molecule has 0 amide bonds. The fourth-order valence-corrected chi connectivity index (χ4v) is 5.82. The Bertz CT molecular complexity index is 1460. The first-order chi connectivity index (χ1) is 25.8. The molecule has 296 valence electrons. The number of ketones is 1. The van der Waals surface area contributed by atoms with Crippen LogP contribution in [0.2, 0.25) is 0 Å². The summed E-state index contributed by atoms with van der Waals surface area (Å²) in [6, 6.07) is 26.2. The summed E-state index contributed by atoms with van der Waals surface area (Å²) >= 11 is 0. The summed E-state index contributed by atoms with van der Waals surface area (Å²) in [6.07, 6.45) is 8.07. The maximum atomic E-state index is 10.7. The molecule has 0 N–H and O–H groups in total. The maximum absolute atomic E-state index is 10.7. The van der Waals surface area contributed by atoms with Gasteiger partial charge in [0, 0.05) is 38.4 Å². The average Bonchev–Trinajstić information content (AvgIpc) is 3.18. The fraction of sp³-hybridized carbons (Fsp3) is 0.471. The monoisotopic (exact) mass is 733 g/mol. The van der Waals surface area contributed by atoms with Gasteiger partial charge in [-0.25, -0.2) is 0 Å². The summed E-state index contributed by atoms with van der Waals surface area (Å²) in [4.78, 5) is 18.4. The maximum Gasteiger partial charge on any atom is 0.138 e. The number of hydrogen-bond acceptors (Lipinski definition) is 3. The van der Waals surface area contributed by atoms with Crippen molar-refractivity contribution in [2.24, 2.45) is 9.98 Å². The van der Waals surface area contributed by atoms with Crippen molar-refractivity contribution in [3.05, 3.63) is 140 Å². The molecule has 0 radical (unpaired) electrons. The van der Waals surface area contributed by atoms with Crippen LogP contribution in [-0.4, -0.2) is 31.3 Å². The molecule has 3 nitrogen and oxygen atoms in total. The summed E-state index contributed by atoms with van der Waals surface area (Å²) in [6.45, 7) is 29.1. The Balaban J connectivity index is 0.000000650. The first kappa shape index (κ1) is 49.9. The van der Waals surface area contributed by atoms with E-state index in [4.69, 9.17) is 0 Å². The molecule has 54 heavy (non-hydrogen) atoms. The summed E-state index contributed by atoms with van der Waals surface area (Å²) in [5.41, 5.74) is 20.4. The van der Waals surface area contributed by atoms with Gasteiger partial charge in [-0.1, -0.05) is 141 Å². The van der Waals surface area contributed by atoms with Crippen LogP contribution in [0.15, 0.2) is 116 Å². The van der Waals surface area contributed by atoms with E-state index in [1.54, 1.807) is 47.5 Å². The Kier molecular flexibility index (Phi) is 26.2. The van der Waals surface area contributed by atoms with Gasteiger partial charge >= 0.3 is 0 Å². The lowest BCUT2D eigenvalue weighted by Crippen LogP contribution is -2.04. The third-order valence-electron chi connectivity index (χ3n) is 9.95. The van der Waals surface area contributed by atoms with Crippen molar-refractivity contribution in [3.8, 4) is 0 Å². The third-order valence-corrected chi connectivity index (χ3v) is 9.95. The quantitative estimate of drug-likeness (QED) is 0.195. The van der Waals surface area contributed by atoms with E-state index >= 15 is 0 Å². The topological polar surface area (TPSA) is 41.8 Å². The van der Waals surface area contributed by atoms with Gasteiger partial charge in [-0.15, -0.1) is 0 Å². The highest BCUT2D eigenvalue weighted by Crippen LogP contribution is 2.27. The Hall–Kier alpha value is -4.11. The normalized spacial score (nSPS) is 13.6. The highest BCUT2D eigenvalue weighted by atomic mass is 16.1. The molecule has 0 aromatic heterocycles. The molecule has 3 aromatic rings. The van der Waals surface area contributed by atoms with Crippen molar-refractivity contribution in [1.29, 1.82) is 0 Å². The second-order valence-corrected chi connectivity index (χ2v) is 14.2. The molecule has 0 unspecified atom stereocenters. The Morgan fingerprint density at radius 3 is 0.815 bits per heavy atom. The molecule has 0 saturated carbocycles. The SMILES string of the molecule is CC.CC.CC1=C(C)Cc2ccccc2C1.CC1=C(C)Cc2ccccc2C1.CC1=C(C)Cc2ccccc2C1.CCC(=O)CC(C)=NC.CN=C(C)C. The number of carbonyl (C=O) groups is 1. The predicted molar refractivity (Wildman–Crippen MR) is 243 cm³/mol. The van der Waals surface area contributed by atoms with Gasteiger partial charge in [0.15, 0.2) is 0 Å². The average molecular weight is 733 g/mol. The molecule has 3 aromatic carbocycles. The van der Waals surface area contributed by atoms with E-state index in [1.807, 2.05) is 55.4 Å². The third kappa shape index (κ3) is 18.8. The lowest BCUT2D eigenvalue weighted by atomic mass is 9.88. The summed E-state index contributed by atoms with van der Waals surface area (Å²) in [5, 5.41) is 0. The van der Waals surface area contributed by atoms with Crippen LogP contribution in [0.3, 0.4) is 0 Å². The molecule has 0 bridgehead atoms. The molecule has 3 aliphatic rings. The number of hydrogen-bond donors (Lipinski definition) is 0. The van der Waals surface area contributed by atoms with Crippen LogP contribution in [0.4, 0.5) is 0 Å². The van der Waals surface area contributed by atoms with Gasteiger partial charge in [-0.05, 0) is 134 Å². The minimum Gasteiger partial charge on any atom is -0.299 e. The molecule has 3 heteroatoms. The largest absolute Gasteiger partial charge is 0.299 e. The number of fused-ring (bicyclic) bond motifs is 3. The summed E-state index contributed by atoms with van der Waals surface area (Å²) < 4.78 is 0. The van der Waals surface area contributed by atoms with Crippen molar-refractivity contribution in [2.75, 3.05) is 14.1 Å². The fourth-order valence-electron chi connectivity index (χ4n) is 5.82. The number of rotatable bonds is 3. The Morgan fingerprint density at radius 1 is 0.463 bits per heavy atom. The first-order valence-electron chi connectivity index (χ1n) is 20.3. The molecule has 0 fully saturated rings. The molecular weight excluding hydrogens is 657 g/mol. The molecule has 3 aliphatic carbocycles. The van der Waals surface area contributed by atoms with E-state index in [0.29, 0.717) is 12.8 Å². The van der Waals surface area contributed by atoms with Gasteiger partial charge in [-0.2, -0.15) is 0 Å². The van der Waals surface area contributed by atoms with Crippen LogP contribution < -0.4 is 0 Å². The molecule has 0 heterocycles. The number of allylic oxidation sites excluding steroid dienone is 6. The predicted octanol–water partition coefficient (Wildman–Crippen LogP) is 14.0. The van der Waals surface area contributed by atoms with Crippen LogP contribution in [0.25, 0.3) is 0 Å². The smallest absolute Gasteiger partial charge is 0.138 e. The molecular formula is C51H76N2O. The second-order valence-electron chi connectivity index (χ2n) is 14.2. The van der Waals surface area contributed by atoms with Crippen LogP contribution in [0, 0.1) is 0 Å². The summed E-state index contributed by atoms with van der Waals surface area (Å²) in [5.74, 6) is 0.262. The van der Waals surface area contributed by atoms with Gasteiger partial charge in [-0.3, -0.25) is 14.8 Å². The van der Waals surface area contributed by atoms with Gasteiger partial charge in [0.05, 0.1) is 0 Å². The molecule has 6 rings (SSSR count). The van der Waals surface area contributed by atoms with Crippen molar-refractivity contribution in [3.63, 3.8) is 0 Å². The van der Waals surface area contributed by atoms with Crippen molar-refractivity contribution < 1.29 is 4.79 Å². The standard InChI is InChI=1S/3C12H14.C7H13NO.C4H9N.2C2H6/c3*1-9-7-11-5-3-4-6-12(11)8-10(9)2;1-4-7(9)5-6(2)8-3;1-4(2)5-3;2*1-2/h3*3-6H,7-8H2,1-2H3;4-5H2,1-3H3;1-3H3;2*1-2H3. The van der Waals surface area contributed by atoms with Gasteiger partial charge < -0.3 is 0 Å². The number of Topliss-reactive ketones (excluding diaryl/α,β-unsaturated/α-hetero) is 1. The Labute approximate surface area is 332 Å². The highest BCUT2D eigenvalue weighted by molar-refractivity contribution is 6.00. The zero-order valence-corrected chi connectivity index (χ0v) is 37.4. The highest BCUT2D eigenvalue weighted by Gasteiger charge is 2.12. The van der Waals surface area contributed by atoms with E-state index in [9.17, 15) is 4.79 Å². The molecule has 0 aliphatic heterocycles. The van der Waals surface area contributed by atoms with Crippen molar-refractivity contribution >= 4 is 17.2 Å². The van der Waals surface area contributed by atoms with Gasteiger partial charge in [0.25, 0.3) is 0 Å². The Morgan fingerprint density at radius 2 is 0.667 bits per heavy atom. The number of nitrogens with zero attached hydrogens (tertiary/aromatic N) is 2. The van der Waals surface area contributed by atoms with Crippen LogP contribution in [0.5, 0.6) is 0 Å². The van der Waals surface area contributed by atoms with E-state index in [1.165, 1.54) is 33.4 Å². The second kappa shape index (κ2) is 28.3. The number of carbonyl (C=O) groups excluding carboxylic acids is 1. The van der Waals surface area contributed by atoms with Crippen molar-refractivity contribution in [1.82, 2.24) is 0 Å². The number of benzene rings is 3. The minimum atomic E-state index is 0.262. The zero-order chi connectivity index (χ0) is 41.2. The lowest BCUT2D eigenvalue weighted by molar-refractivity contribution is -0.117. The van der Waals surface area contributed by atoms with Crippen LogP contribution >= 0.6 is 0 Å². The van der Waals surface area contributed by atoms with Crippen LogP contribution in [0.1, 0.15) is 143 Å². The minimum absolute atomic E-state index is 0.262. The summed E-state index contributed by atoms with van der Waals surface area (Å²) in [7, 11) is 3.49.